The van der Waals surface area contributed by atoms with E-state index in [1.165, 1.54) is 6.33 Å². The zero-order chi connectivity index (χ0) is 16.4. The van der Waals surface area contributed by atoms with Crippen molar-refractivity contribution in [3.8, 4) is 0 Å². The molecule has 0 saturated heterocycles. The average Bonchev–Trinajstić information content (AvgIpc) is 3.15. The molecule has 0 unspecified atom stereocenters. The van der Waals surface area contributed by atoms with E-state index in [-0.39, 0.29) is 11.6 Å². The summed E-state index contributed by atoms with van der Waals surface area (Å²) in [5.74, 6) is -0.0532. The molecule has 120 valence electrons. The number of rotatable bonds is 5. The van der Waals surface area contributed by atoms with Gasteiger partial charge in [-0.1, -0.05) is 6.07 Å². The average molecular weight is 314 g/mol. The lowest BCUT2D eigenvalue weighted by Crippen LogP contribution is -2.24. The number of nitrogens with zero attached hydrogens (tertiary/aromatic N) is 5. The van der Waals surface area contributed by atoms with Gasteiger partial charge in [0.1, 0.15) is 12.7 Å². The van der Waals surface area contributed by atoms with E-state index in [9.17, 15) is 9.59 Å². The molecule has 1 amide bonds. The van der Waals surface area contributed by atoms with Crippen molar-refractivity contribution in [1.29, 1.82) is 0 Å². The minimum atomic E-state index is -0.0611. The highest BCUT2D eigenvalue weighted by atomic mass is 16.2. The highest BCUT2D eigenvalue weighted by Gasteiger charge is 2.08. The molecule has 0 radical (unpaired) electrons. The van der Waals surface area contributed by atoms with Gasteiger partial charge in [-0.25, -0.2) is 9.78 Å². The Labute approximate surface area is 132 Å². The third-order valence-electron chi connectivity index (χ3n) is 3.86. The Morgan fingerprint density at radius 1 is 1.22 bits per heavy atom. The Hall–Kier alpha value is -2.90. The molecule has 0 bridgehead atoms. The molecule has 1 aromatic carbocycles. The molecular formula is C15H18N6O2. The monoisotopic (exact) mass is 314 g/mol. The number of imidazole rings is 1. The van der Waals surface area contributed by atoms with Crippen molar-refractivity contribution in [2.75, 3.05) is 0 Å². The van der Waals surface area contributed by atoms with Gasteiger partial charge in [0, 0.05) is 27.1 Å². The van der Waals surface area contributed by atoms with Crippen LogP contribution in [0.5, 0.6) is 0 Å². The van der Waals surface area contributed by atoms with Gasteiger partial charge in [0.25, 0.3) is 0 Å². The van der Waals surface area contributed by atoms with Gasteiger partial charge in [-0.05, 0) is 17.7 Å². The van der Waals surface area contributed by atoms with E-state index in [0.29, 0.717) is 19.5 Å². The predicted octanol–water partition coefficient (Wildman–Crippen LogP) is 0.175. The van der Waals surface area contributed by atoms with Crippen LogP contribution in [0, 0.1) is 0 Å². The Balaban J connectivity index is 1.64. The first-order valence-electron chi connectivity index (χ1n) is 7.29. The summed E-state index contributed by atoms with van der Waals surface area (Å²) in [5.41, 5.74) is 2.62. The van der Waals surface area contributed by atoms with Gasteiger partial charge in [0.2, 0.25) is 5.91 Å². The molecular weight excluding hydrogens is 296 g/mol. The van der Waals surface area contributed by atoms with Crippen molar-refractivity contribution in [2.45, 2.75) is 19.5 Å². The topological polar surface area (TPSA) is 86.7 Å². The van der Waals surface area contributed by atoms with Crippen LogP contribution in [0.4, 0.5) is 0 Å². The zero-order valence-corrected chi connectivity index (χ0v) is 13.1. The van der Waals surface area contributed by atoms with Crippen molar-refractivity contribution >= 4 is 16.9 Å². The molecule has 2 aromatic heterocycles. The molecule has 1 N–H and O–H groups in total. The lowest BCUT2D eigenvalue weighted by molar-refractivity contribution is -0.121. The zero-order valence-electron chi connectivity index (χ0n) is 13.1. The van der Waals surface area contributed by atoms with Crippen LogP contribution >= 0.6 is 0 Å². The second-order valence-corrected chi connectivity index (χ2v) is 5.41. The summed E-state index contributed by atoms with van der Waals surface area (Å²) < 4.78 is 4.83. The lowest BCUT2D eigenvalue weighted by Gasteiger charge is -2.06. The van der Waals surface area contributed by atoms with Crippen molar-refractivity contribution in [2.24, 2.45) is 14.1 Å². The molecule has 2 heterocycles. The number of carbonyl (C=O) groups excluding carboxylic acids is 1. The molecule has 0 aliphatic rings. The van der Waals surface area contributed by atoms with E-state index in [1.807, 2.05) is 18.2 Å². The van der Waals surface area contributed by atoms with Gasteiger partial charge < -0.3 is 5.32 Å². The molecule has 3 rings (SSSR count). The van der Waals surface area contributed by atoms with Crippen molar-refractivity contribution in [1.82, 2.24) is 29.2 Å². The normalized spacial score (nSPS) is 11.0. The number of aromatic nitrogens is 5. The maximum atomic E-state index is 11.9. The van der Waals surface area contributed by atoms with Gasteiger partial charge >= 0.3 is 5.69 Å². The summed E-state index contributed by atoms with van der Waals surface area (Å²) in [5, 5.41) is 6.82. The summed E-state index contributed by atoms with van der Waals surface area (Å²) in [6, 6.07) is 5.74. The summed E-state index contributed by atoms with van der Waals surface area (Å²) in [4.78, 5) is 27.6. The van der Waals surface area contributed by atoms with Gasteiger partial charge in [-0.15, -0.1) is 0 Å². The van der Waals surface area contributed by atoms with E-state index in [1.54, 1.807) is 34.2 Å². The SMILES string of the molecule is Cn1c(=O)n(C)c2cc(CNC(=O)CCn3cncn3)ccc21. The summed E-state index contributed by atoms with van der Waals surface area (Å²) in [6.07, 6.45) is 3.36. The van der Waals surface area contributed by atoms with Crippen LogP contribution in [0.2, 0.25) is 0 Å². The summed E-state index contributed by atoms with van der Waals surface area (Å²) >= 11 is 0. The highest BCUT2D eigenvalue weighted by Crippen LogP contribution is 2.13. The largest absolute Gasteiger partial charge is 0.352 e. The summed E-state index contributed by atoms with van der Waals surface area (Å²) in [7, 11) is 3.49. The fourth-order valence-corrected chi connectivity index (χ4v) is 2.52. The van der Waals surface area contributed by atoms with Crippen LogP contribution < -0.4 is 11.0 Å². The molecule has 0 spiro atoms. The molecule has 3 aromatic rings. The van der Waals surface area contributed by atoms with Gasteiger partial charge in [-0.3, -0.25) is 18.6 Å². The Bertz CT molecular complexity index is 891. The molecule has 23 heavy (non-hydrogen) atoms. The number of nitrogens with one attached hydrogen (secondary N) is 1. The standard InChI is InChI=1S/C15H18N6O2/c1-19-12-4-3-11(7-13(12)20(2)15(19)23)8-17-14(22)5-6-21-10-16-9-18-21/h3-4,7,9-10H,5-6,8H2,1-2H3,(H,17,22). The van der Waals surface area contributed by atoms with E-state index in [4.69, 9.17) is 0 Å². The number of hydrogen-bond donors (Lipinski definition) is 1. The minimum Gasteiger partial charge on any atom is -0.352 e. The number of carbonyl (C=O) groups is 1. The first kappa shape index (κ1) is 15.0. The fourth-order valence-electron chi connectivity index (χ4n) is 2.52. The Morgan fingerprint density at radius 2 is 2.00 bits per heavy atom. The van der Waals surface area contributed by atoms with E-state index >= 15 is 0 Å². The van der Waals surface area contributed by atoms with Gasteiger partial charge in [0.15, 0.2) is 0 Å². The second-order valence-electron chi connectivity index (χ2n) is 5.41. The van der Waals surface area contributed by atoms with Crippen LogP contribution in [0.15, 0.2) is 35.6 Å². The smallest absolute Gasteiger partial charge is 0.328 e. The molecule has 8 heteroatoms. The Morgan fingerprint density at radius 3 is 2.74 bits per heavy atom. The van der Waals surface area contributed by atoms with Crippen molar-refractivity contribution in [3.05, 3.63) is 46.9 Å². The predicted molar refractivity (Wildman–Crippen MR) is 84.6 cm³/mol. The van der Waals surface area contributed by atoms with Gasteiger partial charge in [0.05, 0.1) is 17.6 Å². The molecule has 0 saturated carbocycles. The third kappa shape index (κ3) is 3.01. The first-order chi connectivity index (χ1) is 11.1. The molecule has 0 aliphatic carbocycles. The van der Waals surface area contributed by atoms with Gasteiger partial charge in [-0.2, -0.15) is 5.10 Å². The maximum absolute atomic E-state index is 11.9. The number of hydrogen-bond acceptors (Lipinski definition) is 4. The molecule has 0 aliphatic heterocycles. The number of fused-ring (bicyclic) bond motifs is 1. The molecule has 0 atom stereocenters. The van der Waals surface area contributed by atoms with Crippen LogP contribution in [-0.2, 0) is 32.0 Å². The van der Waals surface area contributed by atoms with Crippen molar-refractivity contribution < 1.29 is 4.79 Å². The number of benzene rings is 1. The lowest BCUT2D eigenvalue weighted by atomic mass is 10.2. The van der Waals surface area contributed by atoms with Crippen molar-refractivity contribution in [3.63, 3.8) is 0 Å². The molecule has 0 fully saturated rings. The molecule has 8 nitrogen and oxygen atoms in total. The minimum absolute atomic E-state index is 0.0532. The van der Waals surface area contributed by atoms with E-state index in [0.717, 1.165) is 16.6 Å². The van der Waals surface area contributed by atoms with E-state index < -0.39 is 0 Å². The van der Waals surface area contributed by atoms with Crippen LogP contribution in [0.1, 0.15) is 12.0 Å². The number of amides is 1. The summed E-state index contributed by atoms with van der Waals surface area (Å²) in [6.45, 7) is 0.924. The van der Waals surface area contributed by atoms with Crippen LogP contribution in [0.25, 0.3) is 11.0 Å². The second kappa shape index (κ2) is 6.07. The maximum Gasteiger partial charge on any atom is 0.328 e. The van der Waals surface area contributed by atoms with Crippen LogP contribution in [-0.4, -0.2) is 29.8 Å². The third-order valence-corrected chi connectivity index (χ3v) is 3.86. The van der Waals surface area contributed by atoms with Crippen LogP contribution in [0.3, 0.4) is 0 Å². The Kier molecular flexibility index (Phi) is 3.96. The quantitative estimate of drug-likeness (QED) is 0.727. The van der Waals surface area contributed by atoms with E-state index in [2.05, 4.69) is 15.4 Å². The fraction of sp³-hybridized carbons (Fsp3) is 0.333. The highest BCUT2D eigenvalue weighted by molar-refractivity contribution is 5.78. The number of aryl methyl sites for hydroxylation is 3. The first-order valence-corrected chi connectivity index (χ1v) is 7.29.